The smallest absolute Gasteiger partial charge is 0.00134 e. The third kappa shape index (κ3) is 8.22. The van der Waals surface area contributed by atoms with Crippen LogP contribution >= 0.6 is 0 Å². The van der Waals surface area contributed by atoms with Gasteiger partial charge < -0.3 is 0 Å². The van der Waals surface area contributed by atoms with Crippen LogP contribution in [0.2, 0.25) is 0 Å². The van der Waals surface area contributed by atoms with Crippen molar-refractivity contribution in [1.29, 1.82) is 0 Å². The van der Waals surface area contributed by atoms with Gasteiger partial charge in [0.05, 0.1) is 0 Å². The van der Waals surface area contributed by atoms with Crippen LogP contribution in [-0.4, -0.2) is 0 Å². The van der Waals surface area contributed by atoms with Gasteiger partial charge in [-0.05, 0) is 321 Å². The summed E-state index contributed by atoms with van der Waals surface area (Å²) in [6.45, 7) is 46.3. The topological polar surface area (TPSA) is 0 Å². The van der Waals surface area contributed by atoms with Crippen LogP contribution in [0.3, 0.4) is 0 Å². The molecule has 0 fully saturated rings. The Morgan fingerprint density at radius 1 is 0.170 bits per heavy atom. The summed E-state index contributed by atoms with van der Waals surface area (Å²) in [6, 6.07) is 58.2. The van der Waals surface area contributed by atoms with Crippen molar-refractivity contribution >= 4 is 151 Å². The van der Waals surface area contributed by atoms with E-state index < -0.39 is 0 Å². The van der Waals surface area contributed by atoms with Crippen molar-refractivity contribution in [3.05, 3.63) is 212 Å². The third-order valence-electron chi connectivity index (χ3n) is 20.6. The second-order valence-electron chi connectivity index (χ2n) is 31.5. The Hall–Kier alpha value is -8.32. The molecule has 0 aliphatic heterocycles. The molecule has 0 aliphatic carbocycles. The molecule has 0 saturated carbocycles. The molecular weight excluding hydrogens is 1060 g/mol. The van der Waals surface area contributed by atoms with Crippen molar-refractivity contribution in [3.63, 3.8) is 0 Å². The normalized spacial score (nSPS) is 13.2. The van der Waals surface area contributed by atoms with Crippen LogP contribution in [0.25, 0.3) is 151 Å². The molecule has 0 nitrogen and oxygen atoms in total. The van der Waals surface area contributed by atoms with Crippen LogP contribution in [0.5, 0.6) is 0 Å². The number of rotatable bonds is 0. The molecule has 0 heteroatoms. The van der Waals surface area contributed by atoms with Crippen molar-refractivity contribution in [2.75, 3.05) is 0 Å². The van der Waals surface area contributed by atoms with Gasteiger partial charge in [0.25, 0.3) is 0 Å². The van der Waals surface area contributed by atoms with E-state index in [1.807, 2.05) is 0 Å². The minimum atomic E-state index is 0.0165. The maximum atomic E-state index is 2.53. The first kappa shape index (κ1) is 56.2. The average molecular weight is 1140 g/mol. The van der Waals surface area contributed by atoms with Gasteiger partial charge >= 0.3 is 0 Å². The first-order valence-electron chi connectivity index (χ1n) is 32.4. The van der Waals surface area contributed by atoms with E-state index in [1.165, 1.54) is 218 Å². The molecule has 16 aromatic rings. The lowest BCUT2D eigenvalue weighted by molar-refractivity contribution is 0.591. The molecule has 0 radical (unpaired) electrons. The fraction of sp³-hybridized carbons (Fsp3) is 0.273. The van der Waals surface area contributed by atoms with Crippen molar-refractivity contribution in [3.8, 4) is 0 Å². The zero-order valence-electron chi connectivity index (χ0n) is 55.9. The first-order valence-corrected chi connectivity index (χ1v) is 32.4. The van der Waals surface area contributed by atoms with Crippen LogP contribution in [0.15, 0.2) is 146 Å². The fourth-order valence-corrected chi connectivity index (χ4v) is 16.5. The minimum Gasteiger partial charge on any atom is -0.0561 e. The predicted molar refractivity (Wildman–Crippen MR) is 393 cm³/mol. The van der Waals surface area contributed by atoms with Gasteiger partial charge in [0.15, 0.2) is 0 Å². The van der Waals surface area contributed by atoms with Crippen LogP contribution < -0.4 is 0 Å². The summed E-state index contributed by atoms with van der Waals surface area (Å²) in [7, 11) is 0. The summed E-state index contributed by atoms with van der Waals surface area (Å²) in [5.41, 5.74) is 16.3. The monoisotopic (exact) mass is 1140 g/mol. The van der Waals surface area contributed by atoms with Gasteiger partial charge in [0.2, 0.25) is 0 Å². The van der Waals surface area contributed by atoms with Gasteiger partial charge in [-0.3, -0.25) is 0 Å². The molecule has 0 heterocycles. The number of hydrogen-bond donors (Lipinski definition) is 0. The number of fused-ring (bicyclic) bond motifs is 20. The first-order chi connectivity index (χ1) is 41.4. The summed E-state index contributed by atoms with van der Waals surface area (Å²) in [6.07, 6.45) is 0. The summed E-state index contributed by atoms with van der Waals surface area (Å²) < 4.78 is 0. The molecule has 0 spiro atoms. The SMILES string of the molecule is Cc1cc(C)c2c(ccc3c4cc(C(C)(C)C)cc5c6c(ccc7cc(C)cc(C)c76)c6cc(C(C)(C)C)cc(c32)c6c45)c1.Cc1cc(C)c2c(ccc3c4cc(C(C)(C)C)cc5c6c(ccc7cc(C)cc(C)c76)c6cc(C(C)(C)C)cc(c32)c6c45)c1. The molecule has 0 amide bonds. The second-order valence-corrected chi connectivity index (χ2v) is 31.5. The van der Waals surface area contributed by atoms with Gasteiger partial charge in [0.1, 0.15) is 0 Å². The quantitative estimate of drug-likeness (QED) is 0.105. The lowest BCUT2D eigenvalue weighted by Crippen LogP contribution is -2.12. The molecule has 16 aromatic carbocycles. The molecular formula is C88H84. The van der Waals surface area contributed by atoms with Crippen LogP contribution in [-0.2, 0) is 21.7 Å². The van der Waals surface area contributed by atoms with E-state index >= 15 is 0 Å². The summed E-state index contributed by atoms with van der Waals surface area (Å²) >= 11 is 0. The molecule has 0 saturated heterocycles. The van der Waals surface area contributed by atoms with E-state index in [0.29, 0.717) is 0 Å². The van der Waals surface area contributed by atoms with E-state index in [9.17, 15) is 0 Å². The Morgan fingerprint density at radius 2 is 0.341 bits per heavy atom. The van der Waals surface area contributed by atoms with E-state index in [-0.39, 0.29) is 21.7 Å². The highest BCUT2D eigenvalue weighted by atomic mass is 14.3. The standard InChI is InChI=1S/2C44H42/c2*1-23-15-25(3)37-27(17-23)11-13-31-33-19-30(44(8,9)10)22-36-40-32(14-12-28-18-24(2)16-26(4)38(28)40)34-20-29(43(5,6)7)21-35(39(31)37)41(34)42(33)36/h2*11-22H,1-10H3. The Bertz CT molecular complexity index is 5050. The third-order valence-corrected chi connectivity index (χ3v) is 20.6. The highest BCUT2D eigenvalue weighted by molar-refractivity contribution is 6.46. The summed E-state index contributed by atoms with van der Waals surface area (Å²) in [5.74, 6) is 0. The van der Waals surface area contributed by atoms with Crippen molar-refractivity contribution in [2.45, 2.75) is 160 Å². The molecule has 88 heavy (non-hydrogen) atoms. The molecule has 0 N–H and O–H groups in total. The zero-order valence-corrected chi connectivity index (χ0v) is 55.9. The Labute approximate surface area is 520 Å². The van der Waals surface area contributed by atoms with Gasteiger partial charge in [0, 0.05) is 0 Å². The van der Waals surface area contributed by atoms with Gasteiger partial charge in [-0.1, -0.05) is 202 Å². The molecule has 0 bridgehead atoms. The van der Waals surface area contributed by atoms with Gasteiger partial charge in [-0.25, -0.2) is 0 Å². The Balaban J connectivity index is 0.000000148. The second kappa shape index (κ2) is 18.6. The maximum Gasteiger partial charge on any atom is -0.00134 e. The van der Waals surface area contributed by atoms with Crippen molar-refractivity contribution in [2.24, 2.45) is 0 Å². The number of benzene rings is 16. The summed E-state index contributed by atoms with van der Waals surface area (Å²) in [5, 5.41) is 38.8. The van der Waals surface area contributed by atoms with E-state index in [2.05, 4.69) is 284 Å². The molecule has 0 aromatic heterocycles. The molecule has 0 atom stereocenters. The lowest BCUT2D eigenvalue weighted by atomic mass is 9.77. The molecule has 436 valence electrons. The zero-order chi connectivity index (χ0) is 62.1. The largest absolute Gasteiger partial charge is 0.0561 e. The van der Waals surface area contributed by atoms with Gasteiger partial charge in [-0.2, -0.15) is 0 Å². The fourth-order valence-electron chi connectivity index (χ4n) is 16.5. The van der Waals surface area contributed by atoms with E-state index in [0.717, 1.165) is 0 Å². The Kier molecular flexibility index (Phi) is 11.9. The van der Waals surface area contributed by atoms with Crippen LogP contribution in [0.4, 0.5) is 0 Å². The van der Waals surface area contributed by atoms with Gasteiger partial charge in [-0.15, -0.1) is 0 Å². The molecule has 0 aliphatic rings. The lowest BCUT2D eigenvalue weighted by Gasteiger charge is -2.27. The van der Waals surface area contributed by atoms with Crippen LogP contribution in [0.1, 0.15) is 150 Å². The van der Waals surface area contributed by atoms with E-state index in [4.69, 9.17) is 0 Å². The average Bonchev–Trinajstić information content (AvgIpc) is 0.695. The molecule has 0 unspecified atom stereocenters. The predicted octanol–water partition coefficient (Wildman–Crippen LogP) is 26.1. The van der Waals surface area contributed by atoms with Crippen molar-refractivity contribution < 1.29 is 0 Å². The highest BCUT2D eigenvalue weighted by Crippen LogP contribution is 2.54. The van der Waals surface area contributed by atoms with Crippen molar-refractivity contribution in [1.82, 2.24) is 0 Å². The van der Waals surface area contributed by atoms with E-state index in [1.54, 1.807) is 0 Å². The Morgan fingerprint density at radius 3 is 0.523 bits per heavy atom. The number of hydrogen-bond acceptors (Lipinski definition) is 0. The molecule has 16 rings (SSSR count). The summed E-state index contributed by atoms with van der Waals surface area (Å²) in [4.78, 5) is 0. The van der Waals surface area contributed by atoms with Crippen LogP contribution in [0, 0.1) is 55.4 Å². The number of aryl methyl sites for hydroxylation is 8. The highest BCUT2D eigenvalue weighted by Gasteiger charge is 2.29. The minimum absolute atomic E-state index is 0.0165. The maximum absolute atomic E-state index is 2.53.